The Labute approximate surface area is 156 Å². The van der Waals surface area contributed by atoms with E-state index in [1.54, 1.807) is 42.2 Å². The first-order chi connectivity index (χ1) is 13.0. The van der Waals surface area contributed by atoms with Crippen LogP contribution in [0, 0.1) is 18.6 Å². The van der Waals surface area contributed by atoms with Crippen LogP contribution in [0.15, 0.2) is 59.1 Å². The van der Waals surface area contributed by atoms with Gasteiger partial charge in [-0.1, -0.05) is 36.3 Å². The van der Waals surface area contributed by atoms with E-state index in [9.17, 15) is 13.6 Å². The molecule has 0 bridgehead atoms. The molecule has 0 saturated heterocycles. The average Bonchev–Trinajstić information content (AvgIpc) is 3.09. The number of rotatable bonds is 6. The number of hydrogen-bond acceptors (Lipinski definition) is 3. The second kappa shape index (κ2) is 8.12. The fraction of sp³-hybridized carbons (Fsp3) is 0.238. The van der Waals surface area contributed by atoms with Crippen LogP contribution in [0.3, 0.4) is 0 Å². The third-order valence-electron chi connectivity index (χ3n) is 4.36. The summed E-state index contributed by atoms with van der Waals surface area (Å²) in [6.45, 7) is 3.85. The van der Waals surface area contributed by atoms with Gasteiger partial charge in [-0.25, -0.2) is 8.78 Å². The number of halogens is 2. The molecule has 0 aliphatic rings. The standard InChI is InChI=1S/C21H20F2N2O2/c1-3-19(16-7-9-17(22)10-8-16)25(13-15-5-4-6-18(23)12-15)21(26)20-11-14(2)24-27-20/h4-12,19H,3,13H2,1-2H3. The van der Waals surface area contributed by atoms with Crippen LogP contribution in [0.2, 0.25) is 0 Å². The number of aromatic nitrogens is 1. The van der Waals surface area contributed by atoms with Gasteiger partial charge in [-0.3, -0.25) is 4.79 Å². The van der Waals surface area contributed by atoms with Crippen molar-refractivity contribution < 1.29 is 18.1 Å². The third-order valence-corrected chi connectivity index (χ3v) is 4.36. The summed E-state index contributed by atoms with van der Waals surface area (Å²) in [4.78, 5) is 14.7. The summed E-state index contributed by atoms with van der Waals surface area (Å²) in [5, 5.41) is 3.78. The number of aryl methyl sites for hydroxylation is 1. The summed E-state index contributed by atoms with van der Waals surface area (Å²) in [5.74, 6) is -0.951. The Morgan fingerprint density at radius 3 is 2.44 bits per heavy atom. The van der Waals surface area contributed by atoms with Crippen molar-refractivity contribution in [3.8, 4) is 0 Å². The minimum Gasteiger partial charge on any atom is -0.351 e. The number of amides is 1. The fourth-order valence-electron chi connectivity index (χ4n) is 3.08. The van der Waals surface area contributed by atoms with Crippen molar-refractivity contribution in [2.75, 3.05) is 0 Å². The van der Waals surface area contributed by atoms with Crippen LogP contribution in [-0.2, 0) is 6.54 Å². The number of hydrogen-bond donors (Lipinski definition) is 0. The Morgan fingerprint density at radius 1 is 1.11 bits per heavy atom. The lowest BCUT2D eigenvalue weighted by molar-refractivity contribution is 0.0609. The minimum absolute atomic E-state index is 0.115. The maximum absolute atomic E-state index is 13.6. The molecule has 1 unspecified atom stereocenters. The zero-order valence-corrected chi connectivity index (χ0v) is 15.2. The Bertz CT molecular complexity index is 922. The molecule has 0 aliphatic heterocycles. The van der Waals surface area contributed by atoms with Crippen molar-refractivity contribution in [1.82, 2.24) is 10.1 Å². The van der Waals surface area contributed by atoms with Gasteiger partial charge in [0.25, 0.3) is 5.91 Å². The first kappa shape index (κ1) is 18.8. The molecule has 0 spiro atoms. The Hall–Kier alpha value is -3.02. The van der Waals surface area contributed by atoms with Gasteiger partial charge in [-0.05, 0) is 48.7 Å². The first-order valence-corrected chi connectivity index (χ1v) is 8.72. The average molecular weight is 370 g/mol. The fourth-order valence-corrected chi connectivity index (χ4v) is 3.08. The molecular formula is C21H20F2N2O2. The monoisotopic (exact) mass is 370 g/mol. The molecule has 27 heavy (non-hydrogen) atoms. The summed E-state index contributed by atoms with van der Waals surface area (Å²) < 4.78 is 32.1. The van der Waals surface area contributed by atoms with E-state index in [0.29, 0.717) is 17.7 Å². The largest absolute Gasteiger partial charge is 0.351 e. The van der Waals surface area contributed by atoms with Crippen molar-refractivity contribution >= 4 is 5.91 Å². The van der Waals surface area contributed by atoms with E-state index in [1.807, 2.05) is 6.92 Å². The van der Waals surface area contributed by atoms with Gasteiger partial charge in [-0.15, -0.1) is 0 Å². The van der Waals surface area contributed by atoms with Crippen LogP contribution >= 0.6 is 0 Å². The molecule has 0 radical (unpaired) electrons. The molecule has 3 aromatic rings. The van der Waals surface area contributed by atoms with Crippen molar-refractivity contribution in [2.24, 2.45) is 0 Å². The van der Waals surface area contributed by atoms with Gasteiger partial charge in [-0.2, -0.15) is 0 Å². The molecule has 0 saturated carbocycles. The smallest absolute Gasteiger partial charge is 0.293 e. The summed E-state index contributed by atoms with van der Waals surface area (Å²) in [6.07, 6.45) is 0.597. The molecule has 1 amide bonds. The van der Waals surface area contributed by atoms with E-state index in [1.165, 1.54) is 24.3 Å². The molecule has 4 nitrogen and oxygen atoms in total. The van der Waals surface area contributed by atoms with Gasteiger partial charge < -0.3 is 9.42 Å². The van der Waals surface area contributed by atoms with E-state index in [-0.39, 0.29) is 35.9 Å². The number of benzene rings is 2. The van der Waals surface area contributed by atoms with E-state index in [2.05, 4.69) is 5.16 Å². The van der Waals surface area contributed by atoms with E-state index in [0.717, 1.165) is 5.56 Å². The van der Waals surface area contributed by atoms with Crippen molar-refractivity contribution in [3.63, 3.8) is 0 Å². The lowest BCUT2D eigenvalue weighted by Crippen LogP contribution is -2.34. The highest BCUT2D eigenvalue weighted by Gasteiger charge is 2.28. The van der Waals surface area contributed by atoms with Gasteiger partial charge in [0.15, 0.2) is 0 Å². The molecule has 6 heteroatoms. The van der Waals surface area contributed by atoms with E-state index >= 15 is 0 Å². The number of carbonyl (C=O) groups is 1. The highest BCUT2D eigenvalue weighted by atomic mass is 19.1. The van der Waals surface area contributed by atoms with Crippen LogP contribution in [0.5, 0.6) is 0 Å². The predicted octanol–water partition coefficient (Wildman–Crippen LogP) is 5.05. The van der Waals surface area contributed by atoms with Crippen molar-refractivity contribution in [2.45, 2.75) is 32.9 Å². The summed E-state index contributed by atoms with van der Waals surface area (Å²) >= 11 is 0. The van der Waals surface area contributed by atoms with Crippen LogP contribution in [-0.4, -0.2) is 16.0 Å². The van der Waals surface area contributed by atoms with Gasteiger partial charge in [0.2, 0.25) is 5.76 Å². The van der Waals surface area contributed by atoms with Crippen LogP contribution < -0.4 is 0 Å². The number of carbonyl (C=O) groups excluding carboxylic acids is 1. The van der Waals surface area contributed by atoms with Crippen molar-refractivity contribution in [3.05, 3.63) is 88.8 Å². The molecule has 1 heterocycles. The predicted molar refractivity (Wildman–Crippen MR) is 96.9 cm³/mol. The van der Waals surface area contributed by atoms with E-state index < -0.39 is 0 Å². The molecule has 0 fully saturated rings. The van der Waals surface area contributed by atoms with Gasteiger partial charge in [0, 0.05) is 12.6 Å². The van der Waals surface area contributed by atoms with Crippen molar-refractivity contribution in [1.29, 1.82) is 0 Å². The molecular weight excluding hydrogens is 350 g/mol. The maximum Gasteiger partial charge on any atom is 0.293 e. The second-order valence-electron chi connectivity index (χ2n) is 6.37. The topological polar surface area (TPSA) is 46.3 Å². The van der Waals surface area contributed by atoms with Gasteiger partial charge >= 0.3 is 0 Å². The first-order valence-electron chi connectivity index (χ1n) is 8.72. The van der Waals surface area contributed by atoms with Crippen LogP contribution in [0.4, 0.5) is 8.78 Å². The molecule has 0 aliphatic carbocycles. The lowest BCUT2D eigenvalue weighted by Gasteiger charge is -2.31. The lowest BCUT2D eigenvalue weighted by atomic mass is 10.0. The highest BCUT2D eigenvalue weighted by molar-refractivity contribution is 5.91. The Kier molecular flexibility index (Phi) is 5.64. The molecule has 1 aromatic heterocycles. The number of nitrogens with zero attached hydrogens (tertiary/aromatic N) is 2. The van der Waals surface area contributed by atoms with Gasteiger partial charge in [0.1, 0.15) is 11.6 Å². The van der Waals surface area contributed by atoms with Gasteiger partial charge in [0.05, 0.1) is 11.7 Å². The Morgan fingerprint density at radius 2 is 1.85 bits per heavy atom. The van der Waals surface area contributed by atoms with E-state index in [4.69, 9.17) is 4.52 Å². The molecule has 0 N–H and O–H groups in total. The molecule has 2 aromatic carbocycles. The third kappa shape index (κ3) is 4.39. The highest BCUT2D eigenvalue weighted by Crippen LogP contribution is 2.28. The Balaban J connectivity index is 1.99. The van der Waals surface area contributed by atoms with Crippen LogP contribution in [0.25, 0.3) is 0 Å². The SMILES string of the molecule is CCC(c1ccc(F)cc1)N(Cc1cccc(F)c1)C(=O)c1cc(C)no1. The summed E-state index contributed by atoms with van der Waals surface area (Å²) in [7, 11) is 0. The molecule has 1 atom stereocenters. The zero-order chi connectivity index (χ0) is 19.4. The maximum atomic E-state index is 13.6. The molecule has 3 rings (SSSR count). The summed E-state index contributed by atoms with van der Waals surface area (Å²) in [5.41, 5.74) is 2.04. The minimum atomic E-state index is -0.370. The summed E-state index contributed by atoms with van der Waals surface area (Å²) in [6, 6.07) is 13.4. The quantitative estimate of drug-likeness (QED) is 0.610. The normalized spacial score (nSPS) is 12.0. The van der Waals surface area contributed by atoms with Crippen LogP contribution in [0.1, 0.15) is 46.8 Å². The zero-order valence-electron chi connectivity index (χ0n) is 15.2. The molecule has 140 valence electrons. The second-order valence-corrected chi connectivity index (χ2v) is 6.37.